The number of benzene rings is 2. The van der Waals surface area contributed by atoms with Gasteiger partial charge >= 0.3 is 0 Å². The van der Waals surface area contributed by atoms with Crippen LogP contribution in [0.4, 0.5) is 0 Å². The second-order valence-corrected chi connectivity index (χ2v) is 12.1. The fourth-order valence-electron chi connectivity index (χ4n) is 7.40. The predicted molar refractivity (Wildman–Crippen MR) is 170 cm³/mol. The third-order valence-corrected chi connectivity index (χ3v) is 9.45. The van der Waals surface area contributed by atoms with E-state index >= 15 is 0 Å². The highest BCUT2D eigenvalue weighted by molar-refractivity contribution is 6.01. The maximum atomic E-state index is 14.6. The van der Waals surface area contributed by atoms with Crippen molar-refractivity contribution in [2.45, 2.75) is 84.1 Å². The second-order valence-electron chi connectivity index (χ2n) is 12.1. The molecule has 1 aliphatic heterocycles. The summed E-state index contributed by atoms with van der Waals surface area (Å²) in [5.41, 5.74) is 12.5. The molecule has 224 valence electrons. The van der Waals surface area contributed by atoms with Gasteiger partial charge < -0.3 is 25.3 Å². The lowest BCUT2D eigenvalue weighted by atomic mass is 9.85. The van der Waals surface area contributed by atoms with Gasteiger partial charge in [0.05, 0.1) is 18.2 Å². The predicted octanol–water partition coefficient (Wildman–Crippen LogP) is 6.91. The van der Waals surface area contributed by atoms with Gasteiger partial charge in [-0.2, -0.15) is 0 Å². The minimum absolute atomic E-state index is 0.0768. The molecule has 0 saturated heterocycles. The standard InChI is InChI=1S/C35H46N4O3/c1-7-10-22(11-8-2)31-27-15-13-23(33(36)40)17-30(27)39-21-35(34(41)38(5)24(12-9-3)20-37-4)19-29(35)28-18-25(42-6)14-16-26(28)32(31)39/h13-18,20,22,29,37H,7-12,19,21H2,1-6H3,(H2,36,40)/b24-20+. The zero-order valence-corrected chi connectivity index (χ0v) is 26.0. The number of rotatable bonds is 12. The maximum Gasteiger partial charge on any atom is 0.248 e. The van der Waals surface area contributed by atoms with E-state index < -0.39 is 11.3 Å². The number of carbonyl (C=O) groups is 2. The molecule has 3 aromatic rings. The number of amides is 2. The van der Waals surface area contributed by atoms with Crippen LogP contribution in [-0.2, 0) is 11.3 Å². The monoisotopic (exact) mass is 570 g/mol. The average Bonchev–Trinajstić information content (AvgIpc) is 3.66. The van der Waals surface area contributed by atoms with Crippen LogP contribution in [0.15, 0.2) is 48.3 Å². The Morgan fingerprint density at radius 2 is 1.88 bits per heavy atom. The molecule has 0 radical (unpaired) electrons. The molecule has 2 atom stereocenters. The van der Waals surface area contributed by atoms with Crippen LogP contribution in [0.1, 0.15) is 99.0 Å². The van der Waals surface area contributed by atoms with Crippen molar-refractivity contribution in [3.63, 3.8) is 0 Å². The maximum absolute atomic E-state index is 14.6. The number of hydrogen-bond donors (Lipinski definition) is 2. The minimum atomic E-state index is -0.599. The van der Waals surface area contributed by atoms with Gasteiger partial charge in [0, 0.05) is 60.5 Å². The zero-order chi connectivity index (χ0) is 30.2. The van der Waals surface area contributed by atoms with E-state index in [1.807, 2.05) is 43.4 Å². The lowest BCUT2D eigenvalue weighted by molar-refractivity contribution is -0.134. The molecule has 0 bridgehead atoms. The Labute approximate surface area is 250 Å². The van der Waals surface area contributed by atoms with Gasteiger partial charge in [0.2, 0.25) is 11.8 Å². The Balaban J connectivity index is 1.80. The van der Waals surface area contributed by atoms with Crippen LogP contribution >= 0.6 is 0 Å². The van der Waals surface area contributed by atoms with Crippen molar-refractivity contribution < 1.29 is 14.3 Å². The van der Waals surface area contributed by atoms with Crippen LogP contribution in [0.3, 0.4) is 0 Å². The van der Waals surface area contributed by atoms with Crippen molar-refractivity contribution in [3.8, 4) is 17.0 Å². The number of nitrogens with two attached hydrogens (primary N) is 1. The van der Waals surface area contributed by atoms with E-state index in [1.54, 1.807) is 7.11 Å². The quantitative estimate of drug-likeness (QED) is 0.248. The van der Waals surface area contributed by atoms with Crippen LogP contribution in [-0.4, -0.2) is 42.5 Å². The summed E-state index contributed by atoms with van der Waals surface area (Å²) in [5, 5.41) is 4.29. The number of ether oxygens (including phenoxy) is 1. The summed E-state index contributed by atoms with van der Waals surface area (Å²) in [7, 11) is 5.48. The first-order chi connectivity index (χ1) is 20.3. The third kappa shape index (κ3) is 4.87. The molecule has 2 heterocycles. The number of fused-ring (bicyclic) bond motifs is 7. The number of nitrogens with one attached hydrogen (secondary N) is 1. The summed E-state index contributed by atoms with van der Waals surface area (Å²) < 4.78 is 8.05. The SMILES string of the molecule is CCC/C(=C\NC)N(C)C(=O)C12CC1c1cc(OC)ccc1-c1c(C(CCC)CCC)c3ccc(C(N)=O)cc3n1C2. The van der Waals surface area contributed by atoms with E-state index in [0.29, 0.717) is 18.0 Å². The van der Waals surface area contributed by atoms with Gasteiger partial charge in [0.1, 0.15) is 5.75 Å². The van der Waals surface area contributed by atoms with Gasteiger partial charge in [-0.05, 0) is 73.1 Å². The Morgan fingerprint density at radius 3 is 2.50 bits per heavy atom. The molecule has 2 aliphatic rings. The molecule has 2 unspecified atom stereocenters. The van der Waals surface area contributed by atoms with E-state index in [-0.39, 0.29) is 11.8 Å². The molecule has 0 spiro atoms. The molecule has 1 saturated carbocycles. The first kappa shape index (κ1) is 29.7. The summed E-state index contributed by atoms with van der Waals surface area (Å²) in [5.74, 6) is 0.942. The van der Waals surface area contributed by atoms with Gasteiger partial charge in [0.15, 0.2) is 0 Å². The average molecular weight is 571 g/mol. The number of nitrogens with zero attached hydrogens (tertiary/aromatic N) is 2. The first-order valence-corrected chi connectivity index (χ1v) is 15.5. The van der Waals surface area contributed by atoms with E-state index in [1.165, 1.54) is 22.4 Å². The summed E-state index contributed by atoms with van der Waals surface area (Å²) >= 11 is 0. The molecule has 1 aromatic heterocycles. The number of primary amides is 1. The van der Waals surface area contributed by atoms with Gasteiger partial charge in [-0.1, -0.05) is 46.1 Å². The number of allylic oxidation sites excluding steroid dienone is 1. The van der Waals surface area contributed by atoms with Gasteiger partial charge in [0.25, 0.3) is 0 Å². The van der Waals surface area contributed by atoms with Crippen LogP contribution < -0.4 is 15.8 Å². The molecule has 5 rings (SSSR count). The summed E-state index contributed by atoms with van der Waals surface area (Å²) in [6.07, 6.45) is 8.79. The molecule has 42 heavy (non-hydrogen) atoms. The smallest absolute Gasteiger partial charge is 0.248 e. The summed E-state index contributed by atoms with van der Waals surface area (Å²) in [4.78, 5) is 28.8. The summed E-state index contributed by atoms with van der Waals surface area (Å²) in [6, 6.07) is 12.2. The highest BCUT2D eigenvalue weighted by atomic mass is 16.5. The van der Waals surface area contributed by atoms with Gasteiger partial charge in [-0.25, -0.2) is 0 Å². The number of methoxy groups -OCH3 is 1. The first-order valence-electron chi connectivity index (χ1n) is 15.5. The molecule has 7 nitrogen and oxygen atoms in total. The fraction of sp³-hybridized carbons (Fsp3) is 0.486. The van der Waals surface area contributed by atoms with E-state index in [2.05, 4.69) is 48.9 Å². The van der Waals surface area contributed by atoms with Crippen LogP contribution in [0.25, 0.3) is 22.2 Å². The Kier molecular flexibility index (Phi) is 8.40. The largest absolute Gasteiger partial charge is 0.497 e. The lowest BCUT2D eigenvalue weighted by Crippen LogP contribution is -2.37. The van der Waals surface area contributed by atoms with Gasteiger partial charge in [-0.15, -0.1) is 0 Å². The molecule has 3 N–H and O–H groups in total. The normalized spacial score (nSPS) is 19.1. The lowest BCUT2D eigenvalue weighted by Gasteiger charge is -2.27. The van der Waals surface area contributed by atoms with E-state index in [0.717, 1.165) is 67.3 Å². The second kappa shape index (κ2) is 11.9. The molecule has 2 amide bonds. The van der Waals surface area contributed by atoms with Crippen molar-refractivity contribution in [1.82, 2.24) is 14.8 Å². The highest BCUT2D eigenvalue weighted by Crippen LogP contribution is 2.66. The molecule has 2 aromatic carbocycles. The number of carbonyl (C=O) groups excluding carboxylic acids is 2. The van der Waals surface area contributed by atoms with Crippen molar-refractivity contribution in [1.29, 1.82) is 0 Å². The van der Waals surface area contributed by atoms with Crippen LogP contribution in [0, 0.1) is 5.41 Å². The third-order valence-electron chi connectivity index (χ3n) is 9.45. The minimum Gasteiger partial charge on any atom is -0.497 e. The van der Waals surface area contributed by atoms with E-state index in [9.17, 15) is 9.59 Å². The van der Waals surface area contributed by atoms with Crippen molar-refractivity contribution in [2.75, 3.05) is 21.2 Å². The molecule has 7 heteroatoms. The topological polar surface area (TPSA) is 89.6 Å². The van der Waals surface area contributed by atoms with Crippen molar-refractivity contribution in [2.24, 2.45) is 11.1 Å². The van der Waals surface area contributed by atoms with E-state index in [4.69, 9.17) is 10.5 Å². The number of hydrogen-bond acceptors (Lipinski definition) is 4. The van der Waals surface area contributed by atoms with Crippen LogP contribution in [0.2, 0.25) is 0 Å². The molecular weight excluding hydrogens is 524 g/mol. The Hall–Kier alpha value is -3.74. The van der Waals surface area contributed by atoms with Crippen LogP contribution in [0.5, 0.6) is 5.75 Å². The van der Waals surface area contributed by atoms with Gasteiger partial charge in [-0.3, -0.25) is 9.59 Å². The molecule has 1 aliphatic carbocycles. The van der Waals surface area contributed by atoms with Crippen molar-refractivity contribution >= 4 is 22.7 Å². The molecular formula is C35H46N4O3. The fourth-order valence-corrected chi connectivity index (χ4v) is 7.40. The highest BCUT2D eigenvalue weighted by Gasteiger charge is 2.63. The Bertz CT molecular complexity index is 1530. The van der Waals surface area contributed by atoms with Crippen molar-refractivity contribution in [3.05, 3.63) is 65.0 Å². The zero-order valence-electron chi connectivity index (χ0n) is 26.0. The summed E-state index contributed by atoms with van der Waals surface area (Å²) in [6.45, 7) is 7.17. The Morgan fingerprint density at radius 1 is 1.14 bits per heavy atom. The molecule has 1 fully saturated rings. The number of aromatic nitrogens is 1.